The Hall–Kier alpha value is -2.81. The summed E-state index contributed by atoms with van der Waals surface area (Å²) in [5, 5.41) is 8.86. The molecule has 0 saturated carbocycles. The van der Waals surface area contributed by atoms with Crippen LogP contribution in [-0.4, -0.2) is 47.4 Å². The molecule has 1 atom stereocenters. The molecule has 25 heavy (non-hydrogen) atoms. The maximum Gasteiger partial charge on any atom is 0.387 e. The third-order valence-corrected chi connectivity index (χ3v) is 3.70. The minimum Gasteiger partial charge on any atom is -0.476 e. The van der Waals surface area contributed by atoms with Gasteiger partial charge in [0.25, 0.3) is 0 Å². The number of carboxylic acid groups (broad SMARTS) is 1. The van der Waals surface area contributed by atoms with Gasteiger partial charge in [-0.15, -0.1) is 0 Å². The lowest BCUT2D eigenvalue weighted by atomic mass is 10.1. The molecule has 0 aliphatic carbocycles. The highest BCUT2D eigenvalue weighted by Gasteiger charge is 2.24. The van der Waals surface area contributed by atoms with Crippen LogP contribution in [0.5, 0.6) is 5.75 Å². The quantitative estimate of drug-likeness (QED) is 0.885. The Bertz CT molecular complexity index is 742. The number of aromatic carboxylic acids is 1. The number of benzene rings is 1. The summed E-state index contributed by atoms with van der Waals surface area (Å²) in [4.78, 5) is 20.7. The van der Waals surface area contributed by atoms with Crippen LogP contribution >= 0.6 is 0 Å². The number of alkyl halides is 2. The predicted octanol–water partition coefficient (Wildman–Crippen LogP) is 2.35. The van der Waals surface area contributed by atoms with Crippen molar-refractivity contribution in [1.82, 2.24) is 9.97 Å². The summed E-state index contributed by atoms with van der Waals surface area (Å²) in [7, 11) is 0. The van der Waals surface area contributed by atoms with E-state index < -0.39 is 12.6 Å². The Morgan fingerprint density at radius 3 is 2.88 bits per heavy atom. The van der Waals surface area contributed by atoms with E-state index in [4.69, 9.17) is 9.84 Å². The molecule has 0 spiro atoms. The maximum absolute atomic E-state index is 12.3. The first-order chi connectivity index (χ1) is 12.0. The highest BCUT2D eigenvalue weighted by molar-refractivity contribution is 5.84. The van der Waals surface area contributed by atoms with E-state index in [-0.39, 0.29) is 17.5 Å². The number of morpholine rings is 1. The second kappa shape index (κ2) is 7.39. The van der Waals surface area contributed by atoms with E-state index in [9.17, 15) is 13.6 Å². The fourth-order valence-corrected chi connectivity index (χ4v) is 2.54. The SMILES string of the molecule is O=C(O)c1cnc(N2CCOC(c3cccc(OC(F)F)c3)C2)cn1. The molecule has 1 aliphatic rings. The molecule has 0 radical (unpaired) electrons. The van der Waals surface area contributed by atoms with Crippen molar-refractivity contribution < 1.29 is 28.2 Å². The van der Waals surface area contributed by atoms with Crippen molar-refractivity contribution in [3.05, 3.63) is 47.9 Å². The fourth-order valence-electron chi connectivity index (χ4n) is 2.54. The molecule has 1 unspecified atom stereocenters. The number of nitrogens with zero attached hydrogens (tertiary/aromatic N) is 3. The minimum absolute atomic E-state index is 0.0684. The topological polar surface area (TPSA) is 84.8 Å². The summed E-state index contributed by atoms with van der Waals surface area (Å²) in [5.41, 5.74) is 0.573. The Morgan fingerprint density at radius 2 is 2.20 bits per heavy atom. The van der Waals surface area contributed by atoms with Crippen LogP contribution in [0.15, 0.2) is 36.7 Å². The first-order valence-electron chi connectivity index (χ1n) is 7.49. The van der Waals surface area contributed by atoms with E-state index in [0.29, 0.717) is 31.1 Å². The van der Waals surface area contributed by atoms with Crippen molar-refractivity contribution in [2.75, 3.05) is 24.6 Å². The Kier molecular flexibility index (Phi) is 5.03. The summed E-state index contributed by atoms with van der Waals surface area (Å²) in [6, 6.07) is 6.36. The molecule has 1 aromatic carbocycles. The van der Waals surface area contributed by atoms with Gasteiger partial charge >= 0.3 is 12.6 Å². The molecule has 3 rings (SSSR count). The summed E-state index contributed by atoms with van der Waals surface area (Å²) >= 11 is 0. The molecule has 1 aliphatic heterocycles. The van der Waals surface area contributed by atoms with Gasteiger partial charge in [0.1, 0.15) is 17.7 Å². The smallest absolute Gasteiger partial charge is 0.387 e. The van der Waals surface area contributed by atoms with Crippen LogP contribution in [0.3, 0.4) is 0 Å². The third-order valence-electron chi connectivity index (χ3n) is 3.70. The molecule has 2 aromatic rings. The lowest BCUT2D eigenvalue weighted by molar-refractivity contribution is -0.0501. The molecule has 0 amide bonds. The number of halogens is 2. The van der Waals surface area contributed by atoms with Crippen molar-refractivity contribution in [2.45, 2.75) is 12.7 Å². The fraction of sp³-hybridized carbons (Fsp3) is 0.312. The second-order valence-electron chi connectivity index (χ2n) is 5.32. The van der Waals surface area contributed by atoms with Gasteiger partial charge in [-0.2, -0.15) is 8.78 Å². The zero-order valence-electron chi connectivity index (χ0n) is 13.0. The predicted molar refractivity (Wildman–Crippen MR) is 83.0 cm³/mol. The summed E-state index contributed by atoms with van der Waals surface area (Å²) in [5.74, 6) is -0.549. The van der Waals surface area contributed by atoms with E-state index in [2.05, 4.69) is 14.7 Å². The molecule has 0 bridgehead atoms. The Morgan fingerprint density at radius 1 is 1.36 bits per heavy atom. The van der Waals surface area contributed by atoms with Gasteiger partial charge in [0.2, 0.25) is 0 Å². The average molecular weight is 351 g/mol. The number of hydrogen-bond donors (Lipinski definition) is 1. The highest BCUT2D eigenvalue weighted by atomic mass is 19.3. The van der Waals surface area contributed by atoms with Gasteiger partial charge in [-0.25, -0.2) is 14.8 Å². The van der Waals surface area contributed by atoms with E-state index in [1.54, 1.807) is 12.1 Å². The lowest BCUT2D eigenvalue weighted by Gasteiger charge is -2.33. The minimum atomic E-state index is -2.89. The van der Waals surface area contributed by atoms with E-state index in [0.717, 1.165) is 0 Å². The average Bonchev–Trinajstić information content (AvgIpc) is 2.61. The molecule has 1 aromatic heterocycles. The Balaban J connectivity index is 1.73. The molecule has 7 nitrogen and oxygen atoms in total. The maximum atomic E-state index is 12.3. The zero-order chi connectivity index (χ0) is 17.8. The number of ether oxygens (including phenoxy) is 2. The zero-order valence-corrected chi connectivity index (χ0v) is 13.0. The summed E-state index contributed by atoms with van der Waals surface area (Å²) in [6.45, 7) is -1.49. The van der Waals surface area contributed by atoms with Crippen LogP contribution in [0.2, 0.25) is 0 Å². The van der Waals surface area contributed by atoms with Gasteiger partial charge in [-0.1, -0.05) is 12.1 Å². The Labute approximate surface area is 141 Å². The first-order valence-corrected chi connectivity index (χ1v) is 7.49. The molecule has 2 heterocycles. The van der Waals surface area contributed by atoms with Crippen molar-refractivity contribution >= 4 is 11.8 Å². The van der Waals surface area contributed by atoms with Crippen LogP contribution in [0.4, 0.5) is 14.6 Å². The lowest BCUT2D eigenvalue weighted by Crippen LogP contribution is -2.39. The number of rotatable bonds is 5. The molecule has 1 saturated heterocycles. The molecule has 1 fully saturated rings. The highest BCUT2D eigenvalue weighted by Crippen LogP contribution is 2.27. The monoisotopic (exact) mass is 351 g/mol. The first kappa shape index (κ1) is 17.0. The van der Waals surface area contributed by atoms with Gasteiger partial charge in [-0.05, 0) is 17.7 Å². The van der Waals surface area contributed by atoms with E-state index in [1.807, 2.05) is 4.90 Å². The van der Waals surface area contributed by atoms with Gasteiger partial charge in [0.15, 0.2) is 5.69 Å². The number of carboxylic acids is 1. The molecule has 1 N–H and O–H groups in total. The molecular weight excluding hydrogens is 336 g/mol. The van der Waals surface area contributed by atoms with Crippen LogP contribution in [0.1, 0.15) is 22.2 Å². The van der Waals surface area contributed by atoms with Crippen LogP contribution < -0.4 is 9.64 Å². The second-order valence-corrected chi connectivity index (χ2v) is 5.32. The number of hydrogen-bond acceptors (Lipinski definition) is 6. The van der Waals surface area contributed by atoms with E-state index >= 15 is 0 Å². The summed E-state index contributed by atoms with van der Waals surface area (Å²) in [6.07, 6.45) is 2.23. The molecule has 9 heteroatoms. The van der Waals surface area contributed by atoms with Crippen LogP contribution in [-0.2, 0) is 4.74 Å². The number of carbonyl (C=O) groups is 1. The molecular formula is C16H15F2N3O4. The van der Waals surface area contributed by atoms with Crippen LogP contribution in [0.25, 0.3) is 0 Å². The van der Waals surface area contributed by atoms with E-state index in [1.165, 1.54) is 24.5 Å². The largest absolute Gasteiger partial charge is 0.476 e. The van der Waals surface area contributed by atoms with Crippen LogP contribution in [0, 0.1) is 0 Å². The molecule has 132 valence electrons. The van der Waals surface area contributed by atoms with Gasteiger partial charge < -0.3 is 19.5 Å². The van der Waals surface area contributed by atoms with Gasteiger partial charge in [0.05, 0.1) is 19.0 Å². The summed E-state index contributed by atoms with van der Waals surface area (Å²) < 4.78 is 34.8. The number of anilines is 1. The van der Waals surface area contributed by atoms with Crippen molar-refractivity contribution in [1.29, 1.82) is 0 Å². The normalized spacial score (nSPS) is 17.6. The van der Waals surface area contributed by atoms with Crippen molar-refractivity contribution in [3.8, 4) is 5.75 Å². The van der Waals surface area contributed by atoms with Gasteiger partial charge in [0, 0.05) is 13.1 Å². The van der Waals surface area contributed by atoms with Crippen molar-refractivity contribution in [2.24, 2.45) is 0 Å². The number of aromatic nitrogens is 2. The standard InChI is InChI=1S/C16H15F2N3O4/c17-16(18)25-11-3-1-2-10(6-11)13-9-21(4-5-24-13)14-8-19-12(7-20-14)15(22)23/h1-3,6-8,13,16H,4-5,9H2,(H,22,23). The van der Waals surface area contributed by atoms with Crippen molar-refractivity contribution in [3.63, 3.8) is 0 Å². The third kappa shape index (κ3) is 4.18. The van der Waals surface area contributed by atoms with Gasteiger partial charge in [-0.3, -0.25) is 0 Å².